The smallest absolute Gasteiger partial charge is 0.358 e. The van der Waals surface area contributed by atoms with Gasteiger partial charge in [0.25, 0.3) is 0 Å². The largest absolute Gasteiger partial charge is 0.476 e. The van der Waals surface area contributed by atoms with Crippen molar-refractivity contribution in [3.63, 3.8) is 0 Å². The topological polar surface area (TPSA) is 74.2 Å². The number of nitrogens with one attached hydrogen (secondary N) is 1. The van der Waals surface area contributed by atoms with Gasteiger partial charge < -0.3 is 15.0 Å². The van der Waals surface area contributed by atoms with E-state index in [1.165, 1.54) is 0 Å². The van der Waals surface area contributed by atoms with Gasteiger partial charge in [-0.3, -0.25) is 0 Å². The van der Waals surface area contributed by atoms with Crippen LogP contribution in [0.3, 0.4) is 0 Å². The Morgan fingerprint density at radius 3 is 3.18 bits per heavy atom. The number of benzene rings is 1. The van der Waals surface area contributed by atoms with Gasteiger partial charge in [-0.2, -0.15) is 0 Å². The first-order valence-electron chi connectivity index (χ1n) is 5.24. The maximum absolute atomic E-state index is 11.1. The van der Waals surface area contributed by atoms with Crippen LogP contribution < -0.4 is 10.4 Å². The SMILES string of the molecule is CN1NCc2ccc3c(c21)CON=C3C(=O)O. The van der Waals surface area contributed by atoms with Crippen molar-refractivity contribution < 1.29 is 14.7 Å². The van der Waals surface area contributed by atoms with E-state index in [4.69, 9.17) is 9.94 Å². The van der Waals surface area contributed by atoms with Gasteiger partial charge in [0.2, 0.25) is 0 Å². The van der Waals surface area contributed by atoms with Crippen LogP contribution in [0.5, 0.6) is 0 Å². The molecule has 2 aliphatic heterocycles. The lowest BCUT2D eigenvalue weighted by Gasteiger charge is -2.21. The molecule has 0 saturated carbocycles. The minimum Gasteiger partial charge on any atom is -0.476 e. The quantitative estimate of drug-likeness (QED) is 0.737. The lowest BCUT2D eigenvalue weighted by Crippen LogP contribution is -2.29. The van der Waals surface area contributed by atoms with Crippen molar-refractivity contribution in [3.05, 3.63) is 28.8 Å². The first-order chi connectivity index (χ1) is 8.18. The summed E-state index contributed by atoms with van der Waals surface area (Å²) in [6.45, 7) is 1.06. The second-order valence-corrected chi connectivity index (χ2v) is 4.01. The van der Waals surface area contributed by atoms with Crippen molar-refractivity contribution in [2.24, 2.45) is 5.16 Å². The zero-order chi connectivity index (χ0) is 12.0. The van der Waals surface area contributed by atoms with Gasteiger partial charge in [-0.05, 0) is 5.56 Å². The van der Waals surface area contributed by atoms with Crippen LogP contribution in [-0.2, 0) is 22.8 Å². The molecule has 17 heavy (non-hydrogen) atoms. The maximum atomic E-state index is 11.1. The zero-order valence-electron chi connectivity index (χ0n) is 9.23. The Morgan fingerprint density at radius 2 is 2.41 bits per heavy atom. The Labute approximate surface area is 97.4 Å². The number of carbonyl (C=O) groups is 1. The third-order valence-corrected chi connectivity index (χ3v) is 3.03. The minimum absolute atomic E-state index is 0.0330. The van der Waals surface area contributed by atoms with Gasteiger partial charge in [0.15, 0.2) is 5.71 Å². The van der Waals surface area contributed by atoms with Crippen molar-refractivity contribution in [1.29, 1.82) is 0 Å². The fourth-order valence-electron chi connectivity index (χ4n) is 2.26. The molecule has 0 amide bonds. The highest BCUT2D eigenvalue weighted by molar-refractivity contribution is 6.43. The molecule has 1 aromatic rings. The van der Waals surface area contributed by atoms with Crippen molar-refractivity contribution >= 4 is 17.4 Å². The zero-order valence-corrected chi connectivity index (χ0v) is 9.23. The molecule has 0 radical (unpaired) electrons. The molecule has 0 spiro atoms. The third-order valence-electron chi connectivity index (χ3n) is 3.03. The number of oxime groups is 1. The van der Waals surface area contributed by atoms with E-state index in [9.17, 15) is 4.79 Å². The first-order valence-corrected chi connectivity index (χ1v) is 5.24. The molecule has 2 heterocycles. The van der Waals surface area contributed by atoms with Crippen molar-refractivity contribution in [1.82, 2.24) is 5.43 Å². The maximum Gasteiger partial charge on any atom is 0.358 e. The number of carboxylic acid groups (broad SMARTS) is 1. The molecule has 0 saturated heterocycles. The molecule has 0 unspecified atom stereocenters. The summed E-state index contributed by atoms with van der Waals surface area (Å²) < 4.78 is 0. The average Bonchev–Trinajstić information content (AvgIpc) is 2.70. The van der Waals surface area contributed by atoms with Crippen LogP contribution in [0.4, 0.5) is 5.69 Å². The van der Waals surface area contributed by atoms with E-state index < -0.39 is 5.97 Å². The average molecular weight is 233 g/mol. The van der Waals surface area contributed by atoms with Crippen LogP contribution in [0.25, 0.3) is 0 Å². The van der Waals surface area contributed by atoms with E-state index in [0.717, 1.165) is 23.4 Å². The van der Waals surface area contributed by atoms with Crippen LogP contribution in [0, 0.1) is 0 Å². The predicted octanol–water partition coefficient (Wildman–Crippen LogP) is 0.460. The molecular weight excluding hydrogens is 222 g/mol. The second-order valence-electron chi connectivity index (χ2n) is 4.01. The van der Waals surface area contributed by atoms with Gasteiger partial charge in [0.1, 0.15) is 6.61 Å². The fraction of sp³-hybridized carbons (Fsp3) is 0.273. The standard InChI is InChI=1S/C11H11N3O3/c1-14-10-6(4-12-14)2-3-7-8(10)5-17-13-9(7)11(15)16/h2-3,12H,4-5H2,1H3,(H,15,16). The molecule has 0 atom stereocenters. The van der Waals surface area contributed by atoms with Gasteiger partial charge >= 0.3 is 5.97 Å². The van der Waals surface area contributed by atoms with Crippen LogP contribution in [0.15, 0.2) is 17.3 Å². The highest BCUT2D eigenvalue weighted by Gasteiger charge is 2.28. The summed E-state index contributed by atoms with van der Waals surface area (Å²) in [7, 11) is 1.90. The lowest BCUT2D eigenvalue weighted by atomic mass is 9.97. The van der Waals surface area contributed by atoms with Crippen LogP contribution in [0.1, 0.15) is 16.7 Å². The Hall–Kier alpha value is -2.08. The molecule has 2 aliphatic rings. The van der Waals surface area contributed by atoms with E-state index in [2.05, 4.69) is 10.6 Å². The van der Waals surface area contributed by atoms with E-state index in [1.807, 2.05) is 18.1 Å². The summed E-state index contributed by atoms with van der Waals surface area (Å²) in [5.41, 5.74) is 6.79. The number of fused-ring (bicyclic) bond motifs is 3. The summed E-state index contributed by atoms with van der Waals surface area (Å²) >= 11 is 0. The summed E-state index contributed by atoms with van der Waals surface area (Å²) in [5.74, 6) is -1.07. The number of rotatable bonds is 1. The van der Waals surface area contributed by atoms with Crippen LogP contribution in [-0.4, -0.2) is 23.8 Å². The molecular formula is C11H11N3O3. The van der Waals surface area contributed by atoms with Crippen molar-refractivity contribution in [2.45, 2.75) is 13.2 Å². The highest BCUT2D eigenvalue weighted by Crippen LogP contribution is 2.33. The van der Waals surface area contributed by atoms with Gasteiger partial charge in [0.05, 0.1) is 5.69 Å². The Morgan fingerprint density at radius 1 is 1.59 bits per heavy atom. The molecule has 0 fully saturated rings. The Kier molecular flexibility index (Phi) is 2.05. The summed E-state index contributed by atoms with van der Waals surface area (Å²) in [6.07, 6.45) is 0. The number of hydrogen-bond donors (Lipinski definition) is 2. The molecule has 88 valence electrons. The number of aliphatic carboxylic acids is 1. The molecule has 0 aliphatic carbocycles. The molecule has 0 aromatic heterocycles. The predicted molar refractivity (Wildman–Crippen MR) is 60.6 cm³/mol. The first kappa shape index (κ1) is 10.1. The number of hydrazine groups is 1. The minimum atomic E-state index is -1.07. The highest BCUT2D eigenvalue weighted by atomic mass is 16.6. The summed E-state index contributed by atoms with van der Waals surface area (Å²) in [5, 5.41) is 14.5. The molecule has 2 N–H and O–H groups in total. The monoisotopic (exact) mass is 233 g/mol. The van der Waals surface area contributed by atoms with E-state index in [0.29, 0.717) is 12.2 Å². The molecule has 6 nitrogen and oxygen atoms in total. The summed E-state index contributed by atoms with van der Waals surface area (Å²) in [4.78, 5) is 16.1. The van der Waals surface area contributed by atoms with Crippen molar-refractivity contribution in [3.8, 4) is 0 Å². The fourth-order valence-corrected chi connectivity index (χ4v) is 2.26. The lowest BCUT2D eigenvalue weighted by molar-refractivity contribution is -0.129. The van der Waals surface area contributed by atoms with Gasteiger partial charge in [-0.25, -0.2) is 10.2 Å². The van der Waals surface area contributed by atoms with E-state index in [-0.39, 0.29) is 5.71 Å². The third kappa shape index (κ3) is 1.38. The number of carboxylic acids is 1. The van der Waals surface area contributed by atoms with Crippen LogP contribution in [0.2, 0.25) is 0 Å². The molecule has 1 aromatic carbocycles. The van der Waals surface area contributed by atoms with Crippen LogP contribution >= 0.6 is 0 Å². The Balaban J connectivity index is 2.21. The van der Waals surface area contributed by atoms with Gasteiger partial charge in [-0.1, -0.05) is 17.3 Å². The molecule has 6 heteroatoms. The van der Waals surface area contributed by atoms with Gasteiger partial charge in [-0.15, -0.1) is 0 Å². The number of nitrogens with zero attached hydrogens (tertiary/aromatic N) is 2. The van der Waals surface area contributed by atoms with E-state index >= 15 is 0 Å². The molecule has 3 rings (SSSR count). The molecule has 0 bridgehead atoms. The number of hydrogen-bond acceptors (Lipinski definition) is 5. The Bertz CT molecular complexity index is 539. The normalized spacial score (nSPS) is 17.0. The summed E-state index contributed by atoms with van der Waals surface area (Å²) in [6, 6.07) is 3.72. The van der Waals surface area contributed by atoms with E-state index in [1.54, 1.807) is 6.07 Å². The van der Waals surface area contributed by atoms with Gasteiger partial charge in [0, 0.05) is 24.7 Å². The second kappa shape index (κ2) is 3.46. The van der Waals surface area contributed by atoms with Crippen molar-refractivity contribution in [2.75, 3.05) is 12.1 Å². The number of anilines is 1.